The Morgan fingerprint density at radius 3 is 2.34 bits per heavy atom. The summed E-state index contributed by atoms with van der Waals surface area (Å²) in [6.45, 7) is 5.58. The number of allylic oxidation sites excluding steroid dienone is 3. The van der Waals surface area contributed by atoms with Crippen molar-refractivity contribution in [3.8, 4) is 0 Å². The van der Waals surface area contributed by atoms with E-state index in [4.69, 9.17) is 17.0 Å². The van der Waals surface area contributed by atoms with Gasteiger partial charge in [0.25, 0.3) is 0 Å². The fourth-order valence-electron chi connectivity index (χ4n) is 5.11. The van der Waals surface area contributed by atoms with Crippen molar-refractivity contribution >= 4 is 28.4 Å². The molecule has 1 heterocycles. The molecular weight excluding hydrogens is 492 g/mol. The molecule has 194 valence electrons. The van der Waals surface area contributed by atoms with Gasteiger partial charge in [-0.15, -0.1) is 0 Å². The Balaban J connectivity index is 1.40. The van der Waals surface area contributed by atoms with Gasteiger partial charge in [0.15, 0.2) is 5.78 Å². The Morgan fingerprint density at radius 1 is 0.947 bits per heavy atom. The lowest BCUT2D eigenvalue weighted by Crippen LogP contribution is -2.34. The molecular formula is C32H33ClN4O. The number of Topliss-reactive ketones (excluding diaryl/α,β-unsaturated/α-hetero) is 1. The monoisotopic (exact) mass is 524 g/mol. The lowest BCUT2D eigenvalue weighted by molar-refractivity contribution is 0.0971. The number of fused-ring (bicyclic) bond motifs is 1. The summed E-state index contributed by atoms with van der Waals surface area (Å²) in [7, 11) is 0. The highest BCUT2D eigenvalue weighted by molar-refractivity contribution is 6.30. The van der Waals surface area contributed by atoms with Gasteiger partial charge in [-0.05, 0) is 54.3 Å². The van der Waals surface area contributed by atoms with Gasteiger partial charge in [-0.25, -0.2) is 0 Å². The van der Waals surface area contributed by atoms with E-state index in [9.17, 15) is 4.79 Å². The molecule has 0 radical (unpaired) electrons. The SMILES string of the molecule is C[C@@H]1CC=CC=C1CN(CCn1c(=N)n(CC(=O)c2ccc(Cl)cc2)c2ccccc21)Cc1ccccc1. The van der Waals surface area contributed by atoms with Crippen molar-refractivity contribution in [2.24, 2.45) is 5.92 Å². The second-order valence-corrected chi connectivity index (χ2v) is 10.4. The molecule has 4 aromatic rings. The molecule has 38 heavy (non-hydrogen) atoms. The van der Waals surface area contributed by atoms with Crippen molar-refractivity contribution in [3.63, 3.8) is 0 Å². The fourth-order valence-corrected chi connectivity index (χ4v) is 5.23. The minimum absolute atomic E-state index is 0.0416. The molecule has 1 aliphatic rings. The zero-order valence-corrected chi connectivity index (χ0v) is 22.4. The summed E-state index contributed by atoms with van der Waals surface area (Å²) in [6.07, 6.45) is 7.73. The van der Waals surface area contributed by atoms with Crippen LogP contribution in [0.3, 0.4) is 0 Å². The Kier molecular flexibility index (Phi) is 8.06. The summed E-state index contributed by atoms with van der Waals surface area (Å²) in [4.78, 5) is 15.5. The van der Waals surface area contributed by atoms with Gasteiger partial charge in [-0.1, -0.05) is 84.8 Å². The maximum absolute atomic E-state index is 13.1. The Hall–Kier alpha value is -3.67. The smallest absolute Gasteiger partial charge is 0.203 e. The number of aromatic nitrogens is 2. The van der Waals surface area contributed by atoms with Crippen molar-refractivity contribution in [1.29, 1.82) is 5.41 Å². The predicted octanol–water partition coefficient (Wildman–Crippen LogP) is 6.48. The van der Waals surface area contributed by atoms with E-state index < -0.39 is 0 Å². The van der Waals surface area contributed by atoms with E-state index in [1.165, 1.54) is 11.1 Å². The van der Waals surface area contributed by atoms with Crippen molar-refractivity contribution in [2.45, 2.75) is 33.0 Å². The molecule has 0 fully saturated rings. The van der Waals surface area contributed by atoms with E-state index in [0.717, 1.165) is 37.1 Å². The molecule has 3 aromatic carbocycles. The van der Waals surface area contributed by atoms with Gasteiger partial charge in [-0.2, -0.15) is 0 Å². The van der Waals surface area contributed by atoms with Gasteiger partial charge < -0.3 is 9.13 Å². The molecule has 0 unspecified atom stereocenters. The van der Waals surface area contributed by atoms with Crippen molar-refractivity contribution in [3.05, 3.63) is 124 Å². The molecule has 1 aliphatic carbocycles. The number of rotatable bonds is 10. The van der Waals surface area contributed by atoms with E-state index in [-0.39, 0.29) is 12.3 Å². The number of carbonyl (C=O) groups is 1. The first-order valence-electron chi connectivity index (χ1n) is 13.1. The third-order valence-electron chi connectivity index (χ3n) is 7.31. The van der Waals surface area contributed by atoms with Crippen LogP contribution >= 0.6 is 11.6 Å². The summed E-state index contributed by atoms with van der Waals surface area (Å²) >= 11 is 6.00. The summed E-state index contributed by atoms with van der Waals surface area (Å²) in [5.74, 6) is 0.485. The van der Waals surface area contributed by atoms with Crippen LogP contribution in [0.4, 0.5) is 0 Å². The van der Waals surface area contributed by atoms with E-state index in [1.807, 2.05) is 39.5 Å². The van der Waals surface area contributed by atoms with E-state index >= 15 is 0 Å². The minimum Gasteiger partial charge on any atom is -0.309 e. The number of nitrogens with one attached hydrogen (secondary N) is 1. The largest absolute Gasteiger partial charge is 0.309 e. The first kappa shape index (κ1) is 26.0. The molecule has 0 saturated carbocycles. The van der Waals surface area contributed by atoms with Gasteiger partial charge in [0.2, 0.25) is 5.62 Å². The number of benzene rings is 3. The third-order valence-corrected chi connectivity index (χ3v) is 7.56. The molecule has 1 atom stereocenters. The van der Waals surface area contributed by atoms with Crippen LogP contribution < -0.4 is 5.62 Å². The van der Waals surface area contributed by atoms with Crippen LogP contribution in [0.25, 0.3) is 11.0 Å². The van der Waals surface area contributed by atoms with Crippen LogP contribution in [-0.4, -0.2) is 32.9 Å². The highest BCUT2D eigenvalue weighted by atomic mass is 35.5. The minimum atomic E-state index is -0.0416. The second kappa shape index (κ2) is 11.8. The van der Waals surface area contributed by atoms with Crippen LogP contribution in [0.1, 0.15) is 29.3 Å². The molecule has 0 spiro atoms. The molecule has 1 aromatic heterocycles. The maximum atomic E-state index is 13.1. The lowest BCUT2D eigenvalue weighted by atomic mass is 9.93. The van der Waals surface area contributed by atoms with Crippen molar-refractivity contribution in [1.82, 2.24) is 14.0 Å². The number of imidazole rings is 1. The highest BCUT2D eigenvalue weighted by Gasteiger charge is 2.18. The molecule has 0 aliphatic heterocycles. The van der Waals surface area contributed by atoms with Crippen molar-refractivity contribution < 1.29 is 4.79 Å². The highest BCUT2D eigenvalue weighted by Crippen LogP contribution is 2.22. The maximum Gasteiger partial charge on any atom is 0.203 e. The molecule has 5 nitrogen and oxygen atoms in total. The Morgan fingerprint density at radius 2 is 1.63 bits per heavy atom. The molecule has 5 rings (SSSR count). The zero-order chi connectivity index (χ0) is 26.5. The van der Waals surface area contributed by atoms with Crippen molar-refractivity contribution in [2.75, 3.05) is 13.1 Å². The lowest BCUT2D eigenvalue weighted by Gasteiger charge is -2.27. The van der Waals surface area contributed by atoms with E-state index in [2.05, 4.69) is 54.3 Å². The Labute approximate surface area is 228 Å². The number of nitrogens with zero attached hydrogens (tertiary/aromatic N) is 3. The number of para-hydroxylation sites is 2. The number of ketones is 1. The van der Waals surface area contributed by atoms with Crippen LogP contribution in [0.5, 0.6) is 0 Å². The zero-order valence-electron chi connectivity index (χ0n) is 21.7. The van der Waals surface area contributed by atoms with Crippen LogP contribution in [0, 0.1) is 11.3 Å². The fraction of sp³-hybridized carbons (Fsp3) is 0.250. The topological polar surface area (TPSA) is 54.0 Å². The summed E-state index contributed by atoms with van der Waals surface area (Å²) in [6, 6.07) is 25.5. The quantitative estimate of drug-likeness (QED) is 0.241. The Bertz CT molecular complexity index is 1530. The number of hydrogen-bond acceptors (Lipinski definition) is 3. The average Bonchev–Trinajstić information content (AvgIpc) is 3.19. The molecule has 6 heteroatoms. The standard InChI is InChI=1S/C32H33ClN4O/c1-24-9-5-6-12-27(24)22-35(21-25-10-3-2-4-11-25)19-20-36-29-13-7-8-14-30(29)37(32(36)34)23-31(38)26-15-17-28(33)18-16-26/h2-8,10-18,24,34H,9,19-23H2,1H3/t24-/m1/s1. The van der Waals surface area contributed by atoms with Crippen LogP contribution in [-0.2, 0) is 19.6 Å². The number of carbonyl (C=O) groups excluding carboxylic acids is 1. The van der Waals surface area contributed by atoms with Gasteiger partial charge in [-0.3, -0.25) is 15.1 Å². The second-order valence-electron chi connectivity index (χ2n) is 9.98. The first-order chi connectivity index (χ1) is 18.5. The van der Waals surface area contributed by atoms with Crippen LogP contribution in [0.15, 0.2) is 103 Å². The van der Waals surface area contributed by atoms with Gasteiger partial charge in [0.1, 0.15) is 0 Å². The number of hydrogen-bond donors (Lipinski definition) is 1. The molecule has 0 amide bonds. The normalized spacial score (nSPS) is 15.2. The molecule has 1 N–H and O–H groups in total. The summed E-state index contributed by atoms with van der Waals surface area (Å²) < 4.78 is 3.84. The van der Waals surface area contributed by atoms with Gasteiger partial charge >= 0.3 is 0 Å². The summed E-state index contributed by atoms with van der Waals surface area (Å²) in [5, 5.41) is 9.63. The third kappa shape index (κ3) is 5.90. The molecule has 0 bridgehead atoms. The summed E-state index contributed by atoms with van der Waals surface area (Å²) in [5.41, 5.74) is 5.50. The van der Waals surface area contributed by atoms with E-state index in [0.29, 0.717) is 28.7 Å². The number of halogens is 1. The predicted molar refractivity (Wildman–Crippen MR) is 154 cm³/mol. The first-order valence-corrected chi connectivity index (χ1v) is 13.5. The average molecular weight is 525 g/mol. The van der Waals surface area contributed by atoms with Gasteiger partial charge in [0, 0.05) is 36.8 Å². The van der Waals surface area contributed by atoms with Gasteiger partial charge in [0.05, 0.1) is 17.6 Å². The van der Waals surface area contributed by atoms with E-state index in [1.54, 1.807) is 24.3 Å². The molecule has 0 saturated heterocycles. The van der Waals surface area contributed by atoms with Crippen LogP contribution in [0.2, 0.25) is 5.02 Å².